The van der Waals surface area contributed by atoms with Crippen LogP contribution < -0.4 is 4.74 Å². The average molecular weight is 454 g/mol. The fourth-order valence-corrected chi connectivity index (χ4v) is 2.76. The first-order chi connectivity index (χ1) is 15.6. The number of hydrogen-bond donors (Lipinski definition) is 0. The smallest absolute Gasteiger partial charge is 0.338 e. The lowest BCUT2D eigenvalue weighted by molar-refractivity contribution is -0.145. The molecule has 0 saturated carbocycles. The molecule has 0 N–H and O–H groups in total. The molecule has 0 aromatic heterocycles. The van der Waals surface area contributed by atoms with E-state index >= 15 is 0 Å². The first-order valence-electron chi connectivity index (χ1n) is 10.4. The van der Waals surface area contributed by atoms with Crippen molar-refractivity contribution in [3.05, 3.63) is 78.1 Å². The molecule has 2 rings (SSSR count). The van der Waals surface area contributed by atoms with E-state index in [1.54, 1.807) is 38.1 Å². The molecule has 1 unspecified atom stereocenters. The molecule has 0 spiro atoms. The monoisotopic (exact) mass is 454 g/mol. The third-order valence-corrected chi connectivity index (χ3v) is 4.69. The van der Waals surface area contributed by atoms with Crippen molar-refractivity contribution in [2.75, 3.05) is 13.2 Å². The lowest BCUT2D eigenvalue weighted by Gasteiger charge is -2.18. The first-order valence-corrected chi connectivity index (χ1v) is 10.4. The molecule has 0 amide bonds. The van der Waals surface area contributed by atoms with Gasteiger partial charge in [-0.2, -0.15) is 0 Å². The molecule has 1 atom stereocenters. The van der Waals surface area contributed by atoms with Gasteiger partial charge in [0.1, 0.15) is 24.8 Å². The summed E-state index contributed by atoms with van der Waals surface area (Å²) in [6.45, 7) is 11.8. The molecule has 0 aliphatic heterocycles. The second kappa shape index (κ2) is 11.8. The summed E-state index contributed by atoms with van der Waals surface area (Å²) < 4.78 is 30.2. The molecule has 2 aromatic rings. The summed E-state index contributed by atoms with van der Waals surface area (Å²) in [5.74, 6) is -2.40. The van der Waals surface area contributed by atoms with Crippen molar-refractivity contribution >= 4 is 17.9 Å². The highest BCUT2D eigenvalue weighted by molar-refractivity contribution is 5.89. The van der Waals surface area contributed by atoms with Crippen LogP contribution in [0.15, 0.2) is 66.8 Å². The van der Waals surface area contributed by atoms with E-state index in [1.165, 1.54) is 19.1 Å². The highest BCUT2D eigenvalue weighted by Gasteiger charge is 2.18. The SMILES string of the molecule is C=C(C)C(=O)OCC(COC(=O)CC)c1ccc(-c2ccc(OC(=O)C(=C)C)cc2F)cc1. The highest BCUT2D eigenvalue weighted by Crippen LogP contribution is 2.28. The summed E-state index contributed by atoms with van der Waals surface area (Å²) >= 11 is 0. The number of halogens is 1. The first kappa shape index (κ1) is 25.5. The molecular formula is C26H27FO6. The van der Waals surface area contributed by atoms with Crippen LogP contribution in [-0.2, 0) is 23.9 Å². The van der Waals surface area contributed by atoms with E-state index in [2.05, 4.69) is 13.2 Å². The van der Waals surface area contributed by atoms with E-state index in [9.17, 15) is 18.8 Å². The van der Waals surface area contributed by atoms with Crippen molar-refractivity contribution in [1.82, 2.24) is 0 Å². The second-order valence-corrected chi connectivity index (χ2v) is 7.55. The van der Waals surface area contributed by atoms with E-state index in [1.807, 2.05) is 0 Å². The van der Waals surface area contributed by atoms with E-state index in [-0.39, 0.29) is 42.5 Å². The van der Waals surface area contributed by atoms with Crippen LogP contribution in [0.2, 0.25) is 0 Å². The van der Waals surface area contributed by atoms with E-state index < -0.39 is 23.7 Å². The van der Waals surface area contributed by atoms with Gasteiger partial charge in [0.2, 0.25) is 0 Å². The number of benzene rings is 2. The van der Waals surface area contributed by atoms with Crippen molar-refractivity contribution in [1.29, 1.82) is 0 Å². The van der Waals surface area contributed by atoms with Crippen LogP contribution in [0, 0.1) is 5.82 Å². The standard InChI is InChI=1S/C26H27FO6/c1-6-24(28)31-14-20(15-32-25(29)16(2)3)18-7-9-19(10-8-18)22-12-11-21(13-23(22)27)33-26(30)17(4)5/h7-13,20H,2,4,6,14-15H2,1,3,5H3. The summed E-state index contributed by atoms with van der Waals surface area (Å²) in [6.07, 6.45) is 0.230. The van der Waals surface area contributed by atoms with Crippen molar-refractivity contribution < 1.29 is 33.0 Å². The highest BCUT2D eigenvalue weighted by atomic mass is 19.1. The maximum Gasteiger partial charge on any atom is 0.338 e. The Kier molecular flexibility index (Phi) is 9.09. The van der Waals surface area contributed by atoms with Gasteiger partial charge in [0.15, 0.2) is 0 Å². The van der Waals surface area contributed by atoms with E-state index in [4.69, 9.17) is 14.2 Å². The largest absolute Gasteiger partial charge is 0.465 e. The van der Waals surface area contributed by atoms with Crippen LogP contribution in [-0.4, -0.2) is 31.1 Å². The number of carbonyl (C=O) groups is 3. The van der Waals surface area contributed by atoms with Gasteiger partial charge in [0.05, 0.1) is 5.92 Å². The number of ether oxygens (including phenoxy) is 3. The Bertz CT molecular complexity index is 1050. The second-order valence-electron chi connectivity index (χ2n) is 7.55. The van der Waals surface area contributed by atoms with Crippen molar-refractivity contribution in [2.45, 2.75) is 33.1 Å². The fraction of sp³-hybridized carbons (Fsp3) is 0.269. The molecule has 0 aliphatic carbocycles. The van der Waals surface area contributed by atoms with Gasteiger partial charge in [0.25, 0.3) is 0 Å². The average Bonchev–Trinajstić information content (AvgIpc) is 2.78. The predicted octanol–water partition coefficient (Wildman–Crippen LogP) is 5.13. The molecule has 174 valence electrons. The van der Waals surface area contributed by atoms with E-state index in [0.29, 0.717) is 11.1 Å². The van der Waals surface area contributed by atoms with Gasteiger partial charge >= 0.3 is 17.9 Å². The van der Waals surface area contributed by atoms with Gasteiger partial charge in [-0.25, -0.2) is 14.0 Å². The minimum atomic E-state index is -0.631. The number of hydrogen-bond acceptors (Lipinski definition) is 6. The van der Waals surface area contributed by atoms with Crippen LogP contribution in [0.4, 0.5) is 4.39 Å². The minimum absolute atomic E-state index is 0.000813. The van der Waals surface area contributed by atoms with Gasteiger partial charge in [-0.3, -0.25) is 4.79 Å². The van der Waals surface area contributed by atoms with E-state index in [0.717, 1.165) is 11.6 Å². The van der Waals surface area contributed by atoms with Gasteiger partial charge in [-0.05, 0) is 37.1 Å². The van der Waals surface area contributed by atoms with Crippen LogP contribution in [0.3, 0.4) is 0 Å². The zero-order valence-electron chi connectivity index (χ0n) is 19.0. The van der Waals surface area contributed by atoms with Gasteiger partial charge < -0.3 is 14.2 Å². The topological polar surface area (TPSA) is 78.9 Å². The minimum Gasteiger partial charge on any atom is -0.465 e. The van der Waals surface area contributed by atoms with Crippen molar-refractivity contribution in [2.24, 2.45) is 0 Å². The Morgan fingerprint density at radius 2 is 1.52 bits per heavy atom. The van der Waals surface area contributed by atoms with Gasteiger partial charge in [-0.15, -0.1) is 0 Å². The summed E-state index contributed by atoms with van der Waals surface area (Å²) in [4.78, 5) is 35.0. The van der Waals surface area contributed by atoms with Crippen LogP contribution in [0.1, 0.15) is 38.7 Å². The number of carbonyl (C=O) groups excluding carboxylic acids is 3. The molecule has 33 heavy (non-hydrogen) atoms. The number of esters is 3. The molecule has 0 radical (unpaired) electrons. The van der Waals surface area contributed by atoms with Crippen molar-refractivity contribution in [3.63, 3.8) is 0 Å². The summed E-state index contributed by atoms with van der Waals surface area (Å²) in [5, 5.41) is 0. The zero-order chi connectivity index (χ0) is 24.5. The van der Waals surface area contributed by atoms with Crippen molar-refractivity contribution in [3.8, 4) is 16.9 Å². The Balaban J connectivity index is 2.20. The predicted molar refractivity (Wildman–Crippen MR) is 122 cm³/mol. The third kappa shape index (κ3) is 7.42. The van der Waals surface area contributed by atoms with Gasteiger partial charge in [0, 0.05) is 29.2 Å². The zero-order valence-corrected chi connectivity index (χ0v) is 19.0. The third-order valence-electron chi connectivity index (χ3n) is 4.69. The van der Waals surface area contributed by atoms with Crippen LogP contribution in [0.25, 0.3) is 11.1 Å². The van der Waals surface area contributed by atoms with Gasteiger partial charge in [-0.1, -0.05) is 44.3 Å². The number of rotatable bonds is 10. The Morgan fingerprint density at radius 1 is 0.909 bits per heavy atom. The molecule has 6 nitrogen and oxygen atoms in total. The quantitative estimate of drug-likeness (QED) is 0.281. The summed E-state index contributed by atoms with van der Waals surface area (Å²) in [6, 6.07) is 11.1. The Morgan fingerprint density at radius 3 is 2.06 bits per heavy atom. The molecule has 0 fully saturated rings. The molecule has 0 heterocycles. The molecule has 0 saturated heterocycles. The molecule has 0 aliphatic rings. The molecule has 2 aromatic carbocycles. The van der Waals surface area contributed by atoms with Crippen LogP contribution >= 0.6 is 0 Å². The lowest BCUT2D eigenvalue weighted by Crippen LogP contribution is -2.19. The Labute approximate surface area is 192 Å². The molecular weight excluding hydrogens is 427 g/mol. The van der Waals surface area contributed by atoms with Crippen LogP contribution in [0.5, 0.6) is 5.75 Å². The lowest BCUT2D eigenvalue weighted by atomic mass is 9.97. The summed E-state index contributed by atoms with van der Waals surface area (Å²) in [5.41, 5.74) is 2.15. The summed E-state index contributed by atoms with van der Waals surface area (Å²) in [7, 11) is 0. The fourth-order valence-electron chi connectivity index (χ4n) is 2.76. The normalized spacial score (nSPS) is 11.3. The molecule has 0 bridgehead atoms. The maximum absolute atomic E-state index is 14.6. The Hall–Kier alpha value is -3.74. The molecule has 7 heteroatoms. The maximum atomic E-state index is 14.6.